The summed E-state index contributed by atoms with van der Waals surface area (Å²) in [5.74, 6) is -0.832. The third-order valence-corrected chi connectivity index (χ3v) is 1.91. The highest BCUT2D eigenvalue weighted by Crippen LogP contribution is 1.98. The Bertz CT molecular complexity index is 272. The lowest BCUT2D eigenvalue weighted by Gasteiger charge is -2.11. The summed E-state index contributed by atoms with van der Waals surface area (Å²) in [7, 11) is 0. The first-order valence-corrected chi connectivity index (χ1v) is 4.68. The predicted octanol–water partition coefficient (Wildman–Crippen LogP) is 0.405. The molecule has 1 rings (SSSR count). The molecule has 1 heterocycles. The van der Waals surface area contributed by atoms with E-state index in [9.17, 15) is 4.79 Å². The van der Waals surface area contributed by atoms with Crippen LogP contribution in [0.25, 0.3) is 0 Å². The van der Waals surface area contributed by atoms with Crippen LogP contribution in [0.15, 0.2) is 12.5 Å². The Kier molecular flexibility index (Phi) is 4.12. The van der Waals surface area contributed by atoms with E-state index in [0.29, 0.717) is 13.0 Å². The van der Waals surface area contributed by atoms with E-state index in [1.54, 1.807) is 12.5 Å². The number of nitrogens with one attached hydrogen (secondary N) is 2. The third kappa shape index (κ3) is 3.18. The molecule has 1 aromatic heterocycles. The Balaban J connectivity index is 2.47. The molecule has 5 heteroatoms. The molecule has 0 aliphatic rings. The second-order valence-corrected chi connectivity index (χ2v) is 3.11. The van der Waals surface area contributed by atoms with E-state index in [1.165, 1.54) is 0 Å². The number of aromatic amines is 1. The molecule has 3 N–H and O–H groups in total. The molecule has 14 heavy (non-hydrogen) atoms. The molecule has 0 fully saturated rings. The zero-order valence-corrected chi connectivity index (χ0v) is 8.16. The van der Waals surface area contributed by atoms with Crippen molar-refractivity contribution in [3.8, 4) is 0 Å². The quantitative estimate of drug-likeness (QED) is 0.617. The Morgan fingerprint density at radius 3 is 3.07 bits per heavy atom. The molecular formula is C9H15N3O2. The van der Waals surface area contributed by atoms with Crippen molar-refractivity contribution < 1.29 is 9.90 Å². The Morgan fingerprint density at radius 2 is 2.57 bits per heavy atom. The predicted molar refractivity (Wildman–Crippen MR) is 52.0 cm³/mol. The molecule has 0 aliphatic heterocycles. The average Bonchev–Trinajstić information content (AvgIpc) is 2.64. The van der Waals surface area contributed by atoms with E-state index < -0.39 is 12.0 Å². The fourth-order valence-corrected chi connectivity index (χ4v) is 1.18. The van der Waals surface area contributed by atoms with Crippen LogP contribution in [0.3, 0.4) is 0 Å². The molecule has 78 valence electrons. The largest absolute Gasteiger partial charge is 0.480 e. The van der Waals surface area contributed by atoms with Gasteiger partial charge in [-0.15, -0.1) is 0 Å². The first-order chi connectivity index (χ1) is 6.74. The number of carboxylic acid groups (broad SMARTS) is 1. The summed E-state index contributed by atoms with van der Waals surface area (Å²) in [6, 6.07) is -0.543. The Morgan fingerprint density at radius 1 is 1.79 bits per heavy atom. The SMILES string of the molecule is CCCNC(Cc1c[nH]cn1)C(=O)O. The maximum absolute atomic E-state index is 10.8. The van der Waals surface area contributed by atoms with Gasteiger partial charge in [-0.2, -0.15) is 0 Å². The second kappa shape index (κ2) is 5.39. The van der Waals surface area contributed by atoms with Gasteiger partial charge in [0.15, 0.2) is 0 Å². The van der Waals surface area contributed by atoms with Crippen molar-refractivity contribution in [3.63, 3.8) is 0 Å². The smallest absolute Gasteiger partial charge is 0.321 e. The molecule has 1 aromatic rings. The summed E-state index contributed by atoms with van der Waals surface area (Å²) in [4.78, 5) is 17.6. The van der Waals surface area contributed by atoms with Gasteiger partial charge in [-0.1, -0.05) is 6.92 Å². The second-order valence-electron chi connectivity index (χ2n) is 3.11. The van der Waals surface area contributed by atoms with Gasteiger partial charge in [0.2, 0.25) is 0 Å². The van der Waals surface area contributed by atoms with Crippen molar-refractivity contribution in [1.82, 2.24) is 15.3 Å². The van der Waals surface area contributed by atoms with Crippen LogP contribution in [0.4, 0.5) is 0 Å². The number of carbonyl (C=O) groups is 1. The van der Waals surface area contributed by atoms with Gasteiger partial charge in [-0.3, -0.25) is 4.79 Å². The summed E-state index contributed by atoms with van der Waals surface area (Å²) in [6.45, 7) is 2.71. The van der Waals surface area contributed by atoms with Crippen LogP contribution in [0.2, 0.25) is 0 Å². The van der Waals surface area contributed by atoms with Crippen LogP contribution in [-0.4, -0.2) is 33.6 Å². The third-order valence-electron chi connectivity index (χ3n) is 1.91. The molecule has 0 aromatic carbocycles. The summed E-state index contributed by atoms with van der Waals surface area (Å²) in [5, 5.41) is 11.9. The van der Waals surface area contributed by atoms with Gasteiger partial charge in [-0.25, -0.2) is 4.98 Å². The highest BCUT2D eigenvalue weighted by Gasteiger charge is 2.17. The zero-order valence-electron chi connectivity index (χ0n) is 8.16. The maximum atomic E-state index is 10.8. The highest BCUT2D eigenvalue weighted by molar-refractivity contribution is 5.73. The van der Waals surface area contributed by atoms with Gasteiger partial charge < -0.3 is 15.4 Å². The number of hydrogen-bond donors (Lipinski definition) is 3. The molecule has 0 saturated carbocycles. The van der Waals surface area contributed by atoms with Crippen molar-refractivity contribution in [1.29, 1.82) is 0 Å². The molecule has 0 aliphatic carbocycles. The molecule has 0 amide bonds. The lowest BCUT2D eigenvalue weighted by atomic mass is 10.1. The van der Waals surface area contributed by atoms with Gasteiger partial charge in [0.1, 0.15) is 6.04 Å². The van der Waals surface area contributed by atoms with Crippen molar-refractivity contribution in [2.75, 3.05) is 6.54 Å². The fraction of sp³-hybridized carbons (Fsp3) is 0.556. The lowest BCUT2D eigenvalue weighted by Crippen LogP contribution is -2.38. The maximum Gasteiger partial charge on any atom is 0.321 e. The molecule has 0 spiro atoms. The van der Waals surface area contributed by atoms with Crippen LogP contribution in [0.1, 0.15) is 19.0 Å². The van der Waals surface area contributed by atoms with E-state index >= 15 is 0 Å². The summed E-state index contributed by atoms with van der Waals surface area (Å²) >= 11 is 0. The standard InChI is InChI=1S/C9H15N3O2/c1-2-3-11-8(9(13)14)4-7-5-10-6-12-7/h5-6,8,11H,2-4H2,1H3,(H,10,12)(H,13,14). The number of imidazole rings is 1. The molecule has 1 atom stereocenters. The minimum absolute atomic E-state index is 0.416. The number of nitrogens with zero attached hydrogens (tertiary/aromatic N) is 1. The van der Waals surface area contributed by atoms with Crippen LogP contribution in [0.5, 0.6) is 0 Å². The van der Waals surface area contributed by atoms with Crippen LogP contribution < -0.4 is 5.32 Å². The molecule has 0 saturated heterocycles. The van der Waals surface area contributed by atoms with Gasteiger partial charge in [0.25, 0.3) is 0 Å². The molecule has 0 radical (unpaired) electrons. The van der Waals surface area contributed by atoms with Gasteiger partial charge in [0, 0.05) is 12.6 Å². The molecule has 5 nitrogen and oxygen atoms in total. The van der Waals surface area contributed by atoms with Crippen molar-refractivity contribution in [3.05, 3.63) is 18.2 Å². The summed E-state index contributed by atoms with van der Waals surface area (Å²) in [6.07, 6.45) is 4.60. The minimum Gasteiger partial charge on any atom is -0.480 e. The monoisotopic (exact) mass is 197 g/mol. The number of H-pyrrole nitrogens is 1. The van der Waals surface area contributed by atoms with E-state index in [4.69, 9.17) is 5.11 Å². The van der Waals surface area contributed by atoms with Crippen LogP contribution in [-0.2, 0) is 11.2 Å². The normalized spacial score (nSPS) is 12.6. The van der Waals surface area contributed by atoms with Crippen molar-refractivity contribution >= 4 is 5.97 Å². The van der Waals surface area contributed by atoms with E-state index in [0.717, 1.165) is 12.1 Å². The Labute approximate surface area is 82.6 Å². The van der Waals surface area contributed by atoms with Gasteiger partial charge in [0.05, 0.1) is 12.0 Å². The Hall–Kier alpha value is -1.36. The van der Waals surface area contributed by atoms with Gasteiger partial charge >= 0.3 is 5.97 Å². The van der Waals surface area contributed by atoms with Crippen molar-refractivity contribution in [2.24, 2.45) is 0 Å². The topological polar surface area (TPSA) is 78.0 Å². The van der Waals surface area contributed by atoms with E-state index in [-0.39, 0.29) is 0 Å². The van der Waals surface area contributed by atoms with Crippen LogP contribution in [0, 0.1) is 0 Å². The number of aliphatic carboxylic acids is 1. The lowest BCUT2D eigenvalue weighted by molar-refractivity contribution is -0.139. The van der Waals surface area contributed by atoms with Gasteiger partial charge in [-0.05, 0) is 13.0 Å². The number of carboxylic acids is 1. The summed E-state index contributed by atoms with van der Waals surface area (Å²) in [5.41, 5.74) is 0.765. The molecule has 1 unspecified atom stereocenters. The minimum atomic E-state index is -0.832. The highest BCUT2D eigenvalue weighted by atomic mass is 16.4. The number of aromatic nitrogens is 2. The van der Waals surface area contributed by atoms with E-state index in [2.05, 4.69) is 15.3 Å². The first-order valence-electron chi connectivity index (χ1n) is 4.68. The number of hydrogen-bond acceptors (Lipinski definition) is 3. The average molecular weight is 197 g/mol. The van der Waals surface area contributed by atoms with E-state index in [1.807, 2.05) is 6.92 Å². The van der Waals surface area contributed by atoms with Crippen LogP contribution >= 0.6 is 0 Å². The number of rotatable bonds is 6. The van der Waals surface area contributed by atoms with Crippen molar-refractivity contribution in [2.45, 2.75) is 25.8 Å². The molecular weight excluding hydrogens is 182 g/mol. The fourth-order valence-electron chi connectivity index (χ4n) is 1.18. The molecule has 0 bridgehead atoms. The zero-order chi connectivity index (χ0) is 10.4. The summed E-state index contributed by atoms with van der Waals surface area (Å²) < 4.78 is 0. The first kappa shape index (κ1) is 10.7.